The van der Waals surface area contributed by atoms with E-state index >= 15 is 0 Å². The molecule has 0 aliphatic carbocycles. The van der Waals surface area contributed by atoms with E-state index in [2.05, 4.69) is 10.3 Å². The lowest BCUT2D eigenvalue weighted by Crippen LogP contribution is -2.25. The maximum absolute atomic E-state index is 12.3. The SMILES string of the molecule is Cc1ncc(C(=O)O)cc1C(=O)NCc1ccc(N2CCCC2=O)cc1. The molecule has 3 rings (SSSR count). The van der Waals surface area contributed by atoms with Crippen LogP contribution in [0.5, 0.6) is 0 Å². The van der Waals surface area contributed by atoms with Crippen LogP contribution in [0.15, 0.2) is 36.5 Å². The molecule has 2 N–H and O–H groups in total. The van der Waals surface area contributed by atoms with Crippen molar-refractivity contribution in [3.8, 4) is 0 Å². The highest BCUT2D eigenvalue weighted by molar-refractivity contribution is 5.98. The van der Waals surface area contributed by atoms with Crippen LogP contribution < -0.4 is 10.2 Å². The first-order chi connectivity index (χ1) is 12.5. The highest BCUT2D eigenvalue weighted by Gasteiger charge is 2.21. The van der Waals surface area contributed by atoms with Crippen molar-refractivity contribution in [1.29, 1.82) is 0 Å². The number of amides is 2. The fraction of sp³-hybridized carbons (Fsp3) is 0.263. The zero-order valence-electron chi connectivity index (χ0n) is 14.4. The summed E-state index contributed by atoms with van der Waals surface area (Å²) in [5.41, 5.74) is 2.42. The number of rotatable bonds is 5. The molecule has 1 fully saturated rings. The third-order valence-electron chi connectivity index (χ3n) is 4.35. The molecule has 0 unspecified atom stereocenters. The number of nitrogens with zero attached hydrogens (tertiary/aromatic N) is 2. The van der Waals surface area contributed by atoms with E-state index in [-0.39, 0.29) is 22.9 Å². The molecule has 7 heteroatoms. The first kappa shape index (κ1) is 17.6. The molecule has 0 spiro atoms. The minimum absolute atomic E-state index is 0.0274. The number of pyridine rings is 1. The van der Waals surface area contributed by atoms with Crippen molar-refractivity contribution in [1.82, 2.24) is 10.3 Å². The Hall–Kier alpha value is -3.22. The lowest BCUT2D eigenvalue weighted by molar-refractivity contribution is -0.117. The van der Waals surface area contributed by atoms with E-state index in [9.17, 15) is 14.4 Å². The summed E-state index contributed by atoms with van der Waals surface area (Å²) in [4.78, 5) is 40.8. The number of carboxylic acid groups (broad SMARTS) is 1. The molecule has 2 amide bonds. The number of anilines is 1. The van der Waals surface area contributed by atoms with Gasteiger partial charge in [-0.25, -0.2) is 4.79 Å². The highest BCUT2D eigenvalue weighted by atomic mass is 16.4. The normalized spacial score (nSPS) is 13.7. The third kappa shape index (κ3) is 3.72. The van der Waals surface area contributed by atoms with Crippen molar-refractivity contribution in [3.05, 3.63) is 58.9 Å². The topological polar surface area (TPSA) is 99.6 Å². The third-order valence-corrected chi connectivity index (χ3v) is 4.35. The van der Waals surface area contributed by atoms with Crippen molar-refractivity contribution in [2.75, 3.05) is 11.4 Å². The van der Waals surface area contributed by atoms with Crippen LogP contribution >= 0.6 is 0 Å². The maximum atomic E-state index is 12.3. The van der Waals surface area contributed by atoms with Crippen molar-refractivity contribution in [3.63, 3.8) is 0 Å². The minimum Gasteiger partial charge on any atom is -0.478 e. The Labute approximate surface area is 150 Å². The quantitative estimate of drug-likeness (QED) is 0.858. The average molecular weight is 353 g/mol. The maximum Gasteiger partial charge on any atom is 0.337 e. The number of hydrogen-bond donors (Lipinski definition) is 2. The number of benzene rings is 1. The first-order valence-corrected chi connectivity index (χ1v) is 8.33. The van der Waals surface area contributed by atoms with Gasteiger partial charge in [0.25, 0.3) is 5.91 Å². The smallest absolute Gasteiger partial charge is 0.337 e. The van der Waals surface area contributed by atoms with E-state index < -0.39 is 5.97 Å². The second-order valence-corrected chi connectivity index (χ2v) is 6.16. The zero-order chi connectivity index (χ0) is 18.7. The van der Waals surface area contributed by atoms with Gasteiger partial charge < -0.3 is 15.3 Å². The zero-order valence-corrected chi connectivity index (χ0v) is 14.4. The number of hydrogen-bond acceptors (Lipinski definition) is 4. The first-order valence-electron chi connectivity index (χ1n) is 8.33. The Kier molecular flexibility index (Phi) is 4.97. The summed E-state index contributed by atoms with van der Waals surface area (Å²) in [5.74, 6) is -1.37. The number of carbonyl (C=O) groups is 3. The average Bonchev–Trinajstić information content (AvgIpc) is 3.06. The second kappa shape index (κ2) is 7.35. The van der Waals surface area contributed by atoms with E-state index in [1.165, 1.54) is 12.3 Å². The number of aryl methyl sites for hydroxylation is 1. The summed E-state index contributed by atoms with van der Waals surface area (Å²) in [5, 5.41) is 11.8. The van der Waals surface area contributed by atoms with Crippen LogP contribution in [0.1, 0.15) is 44.8 Å². The molecule has 0 atom stereocenters. The molecule has 134 valence electrons. The van der Waals surface area contributed by atoms with E-state index in [1.54, 1.807) is 11.8 Å². The minimum atomic E-state index is -1.13. The van der Waals surface area contributed by atoms with Gasteiger partial charge in [0.1, 0.15) is 0 Å². The molecule has 1 aromatic carbocycles. The van der Waals surface area contributed by atoms with Crippen molar-refractivity contribution >= 4 is 23.5 Å². The summed E-state index contributed by atoms with van der Waals surface area (Å²) in [6.45, 7) is 2.69. The lowest BCUT2D eigenvalue weighted by atomic mass is 10.1. The summed E-state index contributed by atoms with van der Waals surface area (Å²) in [7, 11) is 0. The predicted molar refractivity (Wildman–Crippen MR) is 95.1 cm³/mol. The van der Waals surface area contributed by atoms with Gasteiger partial charge in [-0.2, -0.15) is 0 Å². The van der Waals surface area contributed by atoms with Gasteiger partial charge >= 0.3 is 5.97 Å². The van der Waals surface area contributed by atoms with Crippen LogP contribution in [-0.4, -0.2) is 34.4 Å². The van der Waals surface area contributed by atoms with E-state index in [1.807, 2.05) is 24.3 Å². The Bertz CT molecular complexity index is 862. The fourth-order valence-corrected chi connectivity index (χ4v) is 2.87. The molecule has 1 aromatic heterocycles. The monoisotopic (exact) mass is 353 g/mol. The largest absolute Gasteiger partial charge is 0.478 e. The molecule has 0 bridgehead atoms. The second-order valence-electron chi connectivity index (χ2n) is 6.16. The molecule has 0 saturated carbocycles. The molecule has 2 aromatic rings. The van der Waals surface area contributed by atoms with Crippen LogP contribution in [0.25, 0.3) is 0 Å². The van der Waals surface area contributed by atoms with Crippen molar-refractivity contribution in [2.24, 2.45) is 0 Å². The van der Waals surface area contributed by atoms with Gasteiger partial charge in [-0.05, 0) is 37.1 Å². The van der Waals surface area contributed by atoms with Gasteiger partial charge in [0.05, 0.1) is 16.8 Å². The lowest BCUT2D eigenvalue weighted by Gasteiger charge is -2.16. The van der Waals surface area contributed by atoms with Gasteiger partial charge in [0, 0.05) is 31.4 Å². The van der Waals surface area contributed by atoms with Gasteiger partial charge in [0.2, 0.25) is 5.91 Å². The van der Waals surface area contributed by atoms with Gasteiger partial charge in [-0.3, -0.25) is 14.6 Å². The van der Waals surface area contributed by atoms with E-state index in [4.69, 9.17) is 5.11 Å². The Balaban J connectivity index is 1.65. The summed E-state index contributed by atoms with van der Waals surface area (Å²) in [6, 6.07) is 8.77. The molecule has 1 saturated heterocycles. The van der Waals surface area contributed by atoms with Crippen LogP contribution in [0.2, 0.25) is 0 Å². The summed E-state index contributed by atoms with van der Waals surface area (Å²) >= 11 is 0. The molecule has 0 radical (unpaired) electrons. The number of carbonyl (C=O) groups excluding carboxylic acids is 2. The van der Waals surface area contributed by atoms with Crippen molar-refractivity contribution in [2.45, 2.75) is 26.3 Å². The molecule has 7 nitrogen and oxygen atoms in total. The Morgan fingerprint density at radius 3 is 2.62 bits per heavy atom. The van der Waals surface area contributed by atoms with Crippen LogP contribution in [0.3, 0.4) is 0 Å². The van der Waals surface area contributed by atoms with Gasteiger partial charge in [0.15, 0.2) is 0 Å². The number of aromatic carboxylic acids is 1. The molecule has 2 heterocycles. The fourth-order valence-electron chi connectivity index (χ4n) is 2.87. The number of aromatic nitrogens is 1. The van der Waals surface area contributed by atoms with Crippen LogP contribution in [0, 0.1) is 6.92 Å². The predicted octanol–water partition coefficient (Wildman–Crippen LogP) is 2.15. The van der Waals surface area contributed by atoms with E-state index in [0.29, 0.717) is 18.7 Å². The van der Waals surface area contributed by atoms with Crippen LogP contribution in [0.4, 0.5) is 5.69 Å². The molecular weight excluding hydrogens is 334 g/mol. The van der Waals surface area contributed by atoms with E-state index in [0.717, 1.165) is 24.2 Å². The summed E-state index contributed by atoms with van der Waals surface area (Å²) < 4.78 is 0. The van der Waals surface area contributed by atoms with Crippen molar-refractivity contribution < 1.29 is 19.5 Å². The Morgan fingerprint density at radius 1 is 1.27 bits per heavy atom. The standard InChI is InChI=1S/C19H19N3O4/c1-12-16(9-14(11-20-12)19(25)26)18(24)21-10-13-4-6-15(7-5-13)22-8-2-3-17(22)23/h4-7,9,11H,2-3,8,10H2,1H3,(H,21,24)(H,25,26). The number of carboxylic acids is 1. The molecule has 1 aliphatic heterocycles. The molecule has 1 aliphatic rings. The number of nitrogens with one attached hydrogen (secondary N) is 1. The van der Waals surface area contributed by atoms with Gasteiger partial charge in [-0.15, -0.1) is 0 Å². The van der Waals surface area contributed by atoms with Gasteiger partial charge in [-0.1, -0.05) is 12.1 Å². The molecular formula is C19H19N3O4. The Morgan fingerprint density at radius 2 is 2.00 bits per heavy atom. The summed E-state index contributed by atoms with van der Waals surface area (Å²) in [6.07, 6.45) is 2.69. The van der Waals surface area contributed by atoms with Crippen LogP contribution in [-0.2, 0) is 11.3 Å². The molecule has 26 heavy (non-hydrogen) atoms. The highest BCUT2D eigenvalue weighted by Crippen LogP contribution is 2.21.